The standard InChI is InChI=1S/C31H31N5O5/c1-18-6-8-20(9-7-18)34-30(37)25-17-32-36-28(24-16-23(40-4)14-15-26(24)41-5)27(19(2)33-29(25)36)31(38)35-21-10-12-22(39-3)13-11-21/h6-17,27-28H,1-5H3,(H,34,37)(H,35,38). The highest BCUT2D eigenvalue weighted by Gasteiger charge is 2.41. The molecule has 10 nitrogen and oxygen atoms in total. The second-order valence-electron chi connectivity index (χ2n) is 9.65. The van der Waals surface area contributed by atoms with Crippen LogP contribution in [0.2, 0.25) is 0 Å². The van der Waals surface area contributed by atoms with Gasteiger partial charge in [-0.3, -0.25) is 9.59 Å². The lowest BCUT2D eigenvalue weighted by Gasteiger charge is -2.32. The van der Waals surface area contributed by atoms with E-state index in [1.165, 1.54) is 6.20 Å². The van der Waals surface area contributed by atoms with Crippen molar-refractivity contribution in [3.8, 4) is 17.2 Å². The number of nitrogens with zero attached hydrogens (tertiary/aromatic N) is 3. The maximum absolute atomic E-state index is 13.9. The molecule has 0 bridgehead atoms. The summed E-state index contributed by atoms with van der Waals surface area (Å²) in [6, 6.07) is 19.3. The number of aromatic nitrogens is 2. The van der Waals surface area contributed by atoms with E-state index in [2.05, 4.69) is 15.7 Å². The van der Waals surface area contributed by atoms with Crippen LogP contribution in [0.25, 0.3) is 0 Å². The fraction of sp³-hybridized carbons (Fsp3) is 0.226. The van der Waals surface area contributed by atoms with Crippen molar-refractivity contribution in [3.63, 3.8) is 0 Å². The quantitative estimate of drug-likeness (QED) is 0.301. The summed E-state index contributed by atoms with van der Waals surface area (Å²) in [6.45, 7) is 3.75. The first kappa shape index (κ1) is 27.4. The molecule has 0 saturated heterocycles. The molecular formula is C31H31N5O5. The van der Waals surface area contributed by atoms with Crippen LogP contribution < -0.4 is 24.8 Å². The number of hydrogen-bond acceptors (Lipinski definition) is 7. The number of aliphatic imine (C=N–C) groups is 1. The highest BCUT2D eigenvalue weighted by Crippen LogP contribution is 2.43. The lowest BCUT2D eigenvalue weighted by atomic mass is 9.86. The Kier molecular flexibility index (Phi) is 7.73. The molecule has 0 radical (unpaired) electrons. The maximum Gasteiger partial charge on any atom is 0.261 e. The molecule has 1 aliphatic heterocycles. The van der Waals surface area contributed by atoms with E-state index in [0.717, 1.165) is 5.56 Å². The highest BCUT2D eigenvalue weighted by atomic mass is 16.5. The van der Waals surface area contributed by atoms with Crippen molar-refractivity contribution in [2.24, 2.45) is 10.9 Å². The summed E-state index contributed by atoms with van der Waals surface area (Å²) in [6.07, 6.45) is 1.47. The van der Waals surface area contributed by atoms with Crippen LogP contribution in [0.1, 0.15) is 34.5 Å². The van der Waals surface area contributed by atoms with Crippen LogP contribution in [0, 0.1) is 12.8 Å². The predicted molar refractivity (Wildman–Crippen MR) is 157 cm³/mol. The first-order valence-electron chi connectivity index (χ1n) is 13.0. The second kappa shape index (κ2) is 11.5. The molecule has 4 aromatic rings. The minimum Gasteiger partial charge on any atom is -0.497 e. The van der Waals surface area contributed by atoms with Gasteiger partial charge >= 0.3 is 0 Å². The predicted octanol–water partition coefficient (Wildman–Crippen LogP) is 5.42. The first-order valence-corrected chi connectivity index (χ1v) is 13.0. The number of amides is 2. The summed E-state index contributed by atoms with van der Waals surface area (Å²) < 4.78 is 18.0. The molecule has 5 rings (SSSR count). The van der Waals surface area contributed by atoms with E-state index < -0.39 is 12.0 Å². The highest BCUT2D eigenvalue weighted by molar-refractivity contribution is 6.12. The first-order chi connectivity index (χ1) is 19.8. The van der Waals surface area contributed by atoms with E-state index >= 15 is 0 Å². The van der Waals surface area contributed by atoms with Crippen molar-refractivity contribution in [1.29, 1.82) is 0 Å². The van der Waals surface area contributed by atoms with Crippen LogP contribution in [0.15, 0.2) is 77.9 Å². The third-order valence-corrected chi connectivity index (χ3v) is 7.03. The lowest BCUT2D eigenvalue weighted by molar-refractivity contribution is -0.118. The van der Waals surface area contributed by atoms with E-state index in [-0.39, 0.29) is 17.4 Å². The van der Waals surface area contributed by atoms with Crippen LogP contribution >= 0.6 is 0 Å². The zero-order chi connectivity index (χ0) is 29.1. The SMILES string of the molecule is COc1ccc(NC(=O)C2C(C)=Nc3c(C(=O)Nc4ccc(C)cc4)cnn3C2c2cc(OC)ccc2OC)cc1. The van der Waals surface area contributed by atoms with E-state index in [1.54, 1.807) is 69.3 Å². The smallest absolute Gasteiger partial charge is 0.261 e. The number of carbonyl (C=O) groups is 2. The second-order valence-corrected chi connectivity index (χ2v) is 9.65. The monoisotopic (exact) mass is 553 g/mol. The van der Waals surface area contributed by atoms with Gasteiger partial charge in [-0.25, -0.2) is 9.67 Å². The molecule has 2 amide bonds. The molecule has 2 heterocycles. The van der Waals surface area contributed by atoms with Gasteiger partial charge in [-0.2, -0.15) is 5.10 Å². The van der Waals surface area contributed by atoms with Crippen molar-refractivity contribution in [3.05, 3.63) is 89.6 Å². The van der Waals surface area contributed by atoms with Crippen molar-refractivity contribution in [1.82, 2.24) is 9.78 Å². The summed E-state index contributed by atoms with van der Waals surface area (Å²) in [5.41, 5.74) is 3.80. The van der Waals surface area contributed by atoms with Crippen LogP contribution in [-0.4, -0.2) is 48.6 Å². The summed E-state index contributed by atoms with van der Waals surface area (Å²) in [5.74, 6) is 0.715. The van der Waals surface area contributed by atoms with Gasteiger partial charge in [-0.05, 0) is 68.4 Å². The lowest BCUT2D eigenvalue weighted by Crippen LogP contribution is -2.39. The third-order valence-electron chi connectivity index (χ3n) is 7.03. The zero-order valence-electron chi connectivity index (χ0n) is 23.5. The molecule has 0 aliphatic carbocycles. The summed E-state index contributed by atoms with van der Waals surface area (Å²) in [7, 11) is 4.71. The van der Waals surface area contributed by atoms with Crippen LogP contribution in [-0.2, 0) is 4.79 Å². The summed E-state index contributed by atoms with van der Waals surface area (Å²) in [5, 5.41) is 10.5. The van der Waals surface area contributed by atoms with Crippen LogP contribution in [0.3, 0.4) is 0 Å². The van der Waals surface area contributed by atoms with E-state index in [0.29, 0.717) is 45.7 Å². The molecule has 3 aromatic carbocycles. The van der Waals surface area contributed by atoms with E-state index in [9.17, 15) is 9.59 Å². The molecule has 2 atom stereocenters. The molecule has 2 N–H and O–H groups in total. The average Bonchev–Trinajstić information content (AvgIpc) is 3.41. The van der Waals surface area contributed by atoms with Gasteiger partial charge in [0.15, 0.2) is 5.82 Å². The van der Waals surface area contributed by atoms with Gasteiger partial charge in [0, 0.05) is 22.6 Å². The number of methoxy groups -OCH3 is 3. The van der Waals surface area contributed by atoms with Gasteiger partial charge in [-0.15, -0.1) is 0 Å². The van der Waals surface area contributed by atoms with Gasteiger partial charge in [0.05, 0.1) is 33.6 Å². The molecule has 1 aliphatic rings. The Labute approximate surface area is 238 Å². The van der Waals surface area contributed by atoms with Crippen LogP contribution in [0.4, 0.5) is 17.2 Å². The molecule has 210 valence electrons. The zero-order valence-corrected chi connectivity index (χ0v) is 23.5. The van der Waals surface area contributed by atoms with E-state index in [4.69, 9.17) is 19.2 Å². The van der Waals surface area contributed by atoms with Crippen molar-refractivity contribution in [2.75, 3.05) is 32.0 Å². The third kappa shape index (κ3) is 5.49. The van der Waals surface area contributed by atoms with Gasteiger partial charge in [-0.1, -0.05) is 17.7 Å². The number of nitrogens with one attached hydrogen (secondary N) is 2. The Balaban J connectivity index is 1.58. The maximum atomic E-state index is 13.9. The van der Waals surface area contributed by atoms with Crippen molar-refractivity contribution >= 4 is 34.7 Å². The number of fused-ring (bicyclic) bond motifs is 1. The molecule has 0 spiro atoms. The summed E-state index contributed by atoms with van der Waals surface area (Å²) >= 11 is 0. The molecule has 2 unspecified atom stereocenters. The molecule has 1 aromatic heterocycles. The van der Waals surface area contributed by atoms with Gasteiger partial charge in [0.2, 0.25) is 5.91 Å². The average molecular weight is 554 g/mol. The van der Waals surface area contributed by atoms with Gasteiger partial charge in [0.1, 0.15) is 28.7 Å². The largest absolute Gasteiger partial charge is 0.497 e. The number of anilines is 2. The topological polar surface area (TPSA) is 116 Å². The number of carbonyl (C=O) groups excluding carboxylic acids is 2. The number of ether oxygens (including phenoxy) is 3. The van der Waals surface area contributed by atoms with Gasteiger partial charge < -0.3 is 24.8 Å². The van der Waals surface area contributed by atoms with Crippen LogP contribution in [0.5, 0.6) is 17.2 Å². The number of rotatable bonds is 8. The minimum absolute atomic E-state index is 0.283. The Hall–Kier alpha value is -5.12. The number of hydrogen-bond donors (Lipinski definition) is 2. The Morgan fingerprint density at radius 2 is 1.44 bits per heavy atom. The molecule has 10 heteroatoms. The Morgan fingerprint density at radius 3 is 2.10 bits per heavy atom. The normalized spacial score (nSPS) is 15.8. The fourth-order valence-electron chi connectivity index (χ4n) is 4.88. The number of aryl methyl sites for hydroxylation is 1. The molecule has 41 heavy (non-hydrogen) atoms. The van der Waals surface area contributed by atoms with Crippen molar-refractivity contribution in [2.45, 2.75) is 19.9 Å². The molecular weight excluding hydrogens is 522 g/mol. The minimum atomic E-state index is -0.779. The molecule has 0 fully saturated rings. The van der Waals surface area contributed by atoms with Gasteiger partial charge in [0.25, 0.3) is 5.91 Å². The van der Waals surface area contributed by atoms with Crippen molar-refractivity contribution < 1.29 is 23.8 Å². The number of benzene rings is 3. The summed E-state index contributed by atoms with van der Waals surface area (Å²) in [4.78, 5) is 32.0. The molecule has 0 saturated carbocycles. The Morgan fingerprint density at radius 1 is 0.805 bits per heavy atom. The Bertz CT molecular complexity index is 1610. The fourth-order valence-corrected chi connectivity index (χ4v) is 4.88. The van der Waals surface area contributed by atoms with E-state index in [1.807, 2.05) is 37.3 Å².